The predicted molar refractivity (Wildman–Crippen MR) is 45.6 cm³/mol. The van der Waals surface area contributed by atoms with Gasteiger partial charge in [-0.1, -0.05) is 11.8 Å². The molecule has 0 fully saturated rings. The molecular formula is C9H5ClF2O. The van der Waals surface area contributed by atoms with Crippen LogP contribution in [0.15, 0.2) is 12.1 Å². The van der Waals surface area contributed by atoms with Gasteiger partial charge in [0.1, 0.15) is 5.82 Å². The van der Waals surface area contributed by atoms with Crippen LogP contribution >= 0.6 is 11.6 Å². The van der Waals surface area contributed by atoms with Gasteiger partial charge in [-0.05, 0) is 6.07 Å². The smallest absolute Gasteiger partial charge is 0.169 e. The van der Waals surface area contributed by atoms with E-state index in [2.05, 4.69) is 11.8 Å². The fourth-order valence-corrected chi connectivity index (χ4v) is 0.857. The minimum atomic E-state index is -1.03. The number of alkyl halides is 1. The van der Waals surface area contributed by atoms with Crippen molar-refractivity contribution in [2.75, 3.05) is 5.88 Å². The van der Waals surface area contributed by atoms with Gasteiger partial charge in [0.25, 0.3) is 0 Å². The average molecular weight is 203 g/mol. The number of halogens is 3. The van der Waals surface area contributed by atoms with Gasteiger partial charge >= 0.3 is 0 Å². The fraction of sp³-hybridized carbons (Fsp3) is 0.111. The molecular weight excluding hydrogens is 198 g/mol. The lowest BCUT2D eigenvalue weighted by molar-refractivity contribution is 0.426. The molecule has 1 rings (SSSR count). The van der Waals surface area contributed by atoms with Crippen molar-refractivity contribution in [3.8, 4) is 17.6 Å². The van der Waals surface area contributed by atoms with E-state index in [0.29, 0.717) is 6.07 Å². The van der Waals surface area contributed by atoms with E-state index in [1.165, 1.54) is 0 Å². The maximum atomic E-state index is 12.7. The van der Waals surface area contributed by atoms with E-state index >= 15 is 0 Å². The van der Waals surface area contributed by atoms with E-state index in [-0.39, 0.29) is 11.4 Å². The zero-order chi connectivity index (χ0) is 9.84. The van der Waals surface area contributed by atoms with Crippen LogP contribution in [0.2, 0.25) is 0 Å². The van der Waals surface area contributed by atoms with Crippen molar-refractivity contribution < 1.29 is 13.9 Å². The Morgan fingerprint density at radius 3 is 2.69 bits per heavy atom. The summed E-state index contributed by atoms with van der Waals surface area (Å²) >= 11 is 5.24. The largest absolute Gasteiger partial charge is 0.504 e. The highest BCUT2D eigenvalue weighted by atomic mass is 35.5. The Morgan fingerprint density at radius 2 is 2.08 bits per heavy atom. The fourth-order valence-electron chi connectivity index (χ4n) is 0.790. The molecule has 0 saturated carbocycles. The van der Waals surface area contributed by atoms with Gasteiger partial charge in [-0.15, -0.1) is 11.6 Å². The van der Waals surface area contributed by atoms with Gasteiger partial charge in [-0.2, -0.15) is 0 Å². The van der Waals surface area contributed by atoms with E-state index in [4.69, 9.17) is 16.7 Å². The number of rotatable bonds is 0. The Hall–Kier alpha value is -1.27. The Kier molecular flexibility index (Phi) is 3.10. The summed E-state index contributed by atoms with van der Waals surface area (Å²) in [4.78, 5) is 0. The van der Waals surface area contributed by atoms with Gasteiger partial charge in [-0.25, -0.2) is 8.78 Å². The molecule has 0 aromatic heterocycles. The molecule has 0 aliphatic rings. The Bertz CT molecular complexity index is 379. The lowest BCUT2D eigenvalue weighted by atomic mass is 10.2. The first kappa shape index (κ1) is 9.82. The molecule has 1 aromatic rings. The second kappa shape index (κ2) is 4.11. The molecule has 1 nitrogen and oxygen atoms in total. The number of benzene rings is 1. The molecule has 0 unspecified atom stereocenters. The highest BCUT2D eigenvalue weighted by Crippen LogP contribution is 2.21. The standard InChI is InChI=1S/C9H5ClF2O/c10-3-1-2-6-4-7(11)5-8(12)9(6)13/h4-5,13H,3H2. The van der Waals surface area contributed by atoms with Crippen LogP contribution in [-0.4, -0.2) is 11.0 Å². The summed E-state index contributed by atoms with van der Waals surface area (Å²) in [7, 11) is 0. The summed E-state index contributed by atoms with van der Waals surface area (Å²) in [5.41, 5.74) is -0.0989. The third-order valence-electron chi connectivity index (χ3n) is 1.32. The molecule has 0 heterocycles. The van der Waals surface area contributed by atoms with Crippen LogP contribution in [0.25, 0.3) is 0 Å². The number of hydrogen-bond donors (Lipinski definition) is 1. The molecule has 1 aromatic carbocycles. The number of hydrogen-bond acceptors (Lipinski definition) is 1. The van der Waals surface area contributed by atoms with Gasteiger partial charge in [-0.3, -0.25) is 0 Å². The molecule has 0 radical (unpaired) electrons. The zero-order valence-corrected chi connectivity index (χ0v) is 7.20. The van der Waals surface area contributed by atoms with E-state index in [1.807, 2.05) is 0 Å². The minimum Gasteiger partial charge on any atom is -0.504 e. The molecule has 0 spiro atoms. The second-order valence-electron chi connectivity index (χ2n) is 2.22. The summed E-state index contributed by atoms with van der Waals surface area (Å²) in [5, 5.41) is 9.06. The molecule has 68 valence electrons. The van der Waals surface area contributed by atoms with E-state index in [9.17, 15) is 8.78 Å². The normalized spacial score (nSPS) is 9.15. The highest BCUT2D eigenvalue weighted by molar-refractivity contribution is 6.19. The lowest BCUT2D eigenvalue weighted by Crippen LogP contribution is -1.85. The molecule has 0 atom stereocenters. The van der Waals surface area contributed by atoms with E-state index < -0.39 is 17.4 Å². The quantitative estimate of drug-likeness (QED) is 0.506. The topological polar surface area (TPSA) is 20.2 Å². The van der Waals surface area contributed by atoms with Crippen LogP contribution in [0.1, 0.15) is 5.56 Å². The van der Waals surface area contributed by atoms with E-state index in [1.54, 1.807) is 0 Å². The Labute approximate surface area is 79.0 Å². The molecule has 13 heavy (non-hydrogen) atoms. The van der Waals surface area contributed by atoms with E-state index in [0.717, 1.165) is 6.07 Å². The molecule has 0 amide bonds. The van der Waals surface area contributed by atoms with Gasteiger partial charge in [0.2, 0.25) is 0 Å². The first-order valence-corrected chi connectivity index (χ1v) is 3.91. The van der Waals surface area contributed by atoms with Gasteiger partial charge in [0.05, 0.1) is 11.4 Å². The third-order valence-corrected chi connectivity index (χ3v) is 1.45. The van der Waals surface area contributed by atoms with Crippen LogP contribution in [0.4, 0.5) is 8.78 Å². The Balaban J connectivity index is 3.20. The van der Waals surface area contributed by atoms with Crippen LogP contribution in [0.5, 0.6) is 5.75 Å². The number of aromatic hydroxyl groups is 1. The number of phenolic OH excluding ortho intramolecular Hbond substituents is 1. The van der Waals surface area contributed by atoms with Gasteiger partial charge in [0, 0.05) is 6.07 Å². The van der Waals surface area contributed by atoms with Crippen molar-refractivity contribution in [2.45, 2.75) is 0 Å². The van der Waals surface area contributed by atoms with Crippen molar-refractivity contribution in [2.24, 2.45) is 0 Å². The van der Waals surface area contributed by atoms with Crippen molar-refractivity contribution in [1.82, 2.24) is 0 Å². The molecule has 0 bridgehead atoms. The first-order valence-electron chi connectivity index (χ1n) is 3.38. The average Bonchev–Trinajstić information content (AvgIpc) is 2.09. The zero-order valence-electron chi connectivity index (χ0n) is 6.44. The second-order valence-corrected chi connectivity index (χ2v) is 2.49. The maximum absolute atomic E-state index is 12.7. The van der Waals surface area contributed by atoms with Gasteiger partial charge < -0.3 is 5.11 Å². The first-order chi connectivity index (χ1) is 6.15. The minimum absolute atomic E-state index is 0.0393. The van der Waals surface area contributed by atoms with Crippen LogP contribution in [0.3, 0.4) is 0 Å². The molecule has 4 heteroatoms. The van der Waals surface area contributed by atoms with Crippen molar-refractivity contribution >= 4 is 11.6 Å². The maximum Gasteiger partial charge on any atom is 0.169 e. The molecule has 0 aliphatic carbocycles. The van der Waals surface area contributed by atoms with Crippen LogP contribution in [0, 0.1) is 23.5 Å². The SMILES string of the molecule is Oc1c(F)cc(F)cc1C#CCCl. The number of phenols is 1. The van der Waals surface area contributed by atoms with Crippen LogP contribution in [-0.2, 0) is 0 Å². The Morgan fingerprint density at radius 1 is 1.38 bits per heavy atom. The molecule has 1 N–H and O–H groups in total. The highest BCUT2D eigenvalue weighted by Gasteiger charge is 2.07. The molecule has 0 aliphatic heterocycles. The monoisotopic (exact) mass is 202 g/mol. The van der Waals surface area contributed by atoms with Crippen molar-refractivity contribution in [3.63, 3.8) is 0 Å². The van der Waals surface area contributed by atoms with Gasteiger partial charge in [0.15, 0.2) is 11.6 Å². The summed E-state index contributed by atoms with van der Waals surface area (Å²) < 4.78 is 25.3. The lowest BCUT2D eigenvalue weighted by Gasteiger charge is -1.98. The predicted octanol–water partition coefficient (Wildman–Crippen LogP) is 2.26. The van der Waals surface area contributed by atoms with Crippen molar-refractivity contribution in [3.05, 3.63) is 29.3 Å². The summed E-state index contributed by atoms with van der Waals surface area (Å²) in [6.45, 7) is 0. The molecule has 0 saturated heterocycles. The van der Waals surface area contributed by atoms with Crippen LogP contribution < -0.4 is 0 Å². The third kappa shape index (κ3) is 2.33. The summed E-state index contributed by atoms with van der Waals surface area (Å²) in [5.74, 6) is 2.29. The summed E-state index contributed by atoms with van der Waals surface area (Å²) in [6.07, 6.45) is 0. The summed E-state index contributed by atoms with van der Waals surface area (Å²) in [6, 6.07) is 1.53. The van der Waals surface area contributed by atoms with Crippen molar-refractivity contribution in [1.29, 1.82) is 0 Å².